The van der Waals surface area contributed by atoms with Crippen LogP contribution in [0, 0.1) is 17.0 Å². The van der Waals surface area contributed by atoms with Gasteiger partial charge in [-0.2, -0.15) is 0 Å². The third kappa shape index (κ3) is 4.81. The van der Waals surface area contributed by atoms with Crippen molar-refractivity contribution in [3.63, 3.8) is 0 Å². The molecule has 1 heterocycles. The Morgan fingerprint density at radius 3 is 2.41 bits per heavy atom. The summed E-state index contributed by atoms with van der Waals surface area (Å²) in [6.07, 6.45) is 0.740. The predicted molar refractivity (Wildman–Crippen MR) is 137 cm³/mol. The summed E-state index contributed by atoms with van der Waals surface area (Å²) >= 11 is 0. The molecular formula is C28H30N2O7. The molecule has 0 bridgehead atoms. The Morgan fingerprint density at radius 1 is 1.05 bits per heavy atom. The summed E-state index contributed by atoms with van der Waals surface area (Å²) in [5.74, 6) is -0.396. The van der Waals surface area contributed by atoms with Gasteiger partial charge in [-0.05, 0) is 56.4 Å². The number of nitro groups is 1. The van der Waals surface area contributed by atoms with E-state index in [2.05, 4.69) is 5.32 Å². The fourth-order valence-electron chi connectivity index (χ4n) is 5.20. The minimum Gasteiger partial charge on any atom is -0.493 e. The number of Topliss-reactive ketones (excluding diaryl/α,β-unsaturated/α-hetero) is 1. The molecule has 2 atom stereocenters. The number of rotatable bonds is 7. The Bertz CT molecular complexity index is 1340. The molecule has 0 spiro atoms. The molecule has 4 rings (SSSR count). The first-order chi connectivity index (χ1) is 17.7. The monoisotopic (exact) mass is 506 g/mol. The smallest absolute Gasteiger partial charge is 0.336 e. The number of carbonyl (C=O) groups excluding carboxylic acids is 2. The van der Waals surface area contributed by atoms with Gasteiger partial charge in [0.1, 0.15) is 0 Å². The average Bonchev–Trinajstić information content (AvgIpc) is 2.87. The average molecular weight is 507 g/mol. The van der Waals surface area contributed by atoms with E-state index in [1.807, 2.05) is 18.2 Å². The van der Waals surface area contributed by atoms with Gasteiger partial charge in [0.05, 0.1) is 31.3 Å². The first-order valence-electron chi connectivity index (χ1n) is 12.1. The topological polar surface area (TPSA) is 117 Å². The van der Waals surface area contributed by atoms with E-state index in [9.17, 15) is 19.7 Å². The summed E-state index contributed by atoms with van der Waals surface area (Å²) in [6.45, 7) is 5.29. The summed E-state index contributed by atoms with van der Waals surface area (Å²) in [6, 6.07) is 10.4. The van der Waals surface area contributed by atoms with Crippen molar-refractivity contribution < 1.29 is 28.7 Å². The van der Waals surface area contributed by atoms with Crippen molar-refractivity contribution in [2.45, 2.75) is 45.4 Å². The fraction of sp³-hybridized carbons (Fsp3) is 0.357. The summed E-state index contributed by atoms with van der Waals surface area (Å²) in [4.78, 5) is 38.0. The Kier molecular flexibility index (Phi) is 7.33. The van der Waals surface area contributed by atoms with Crippen LogP contribution < -0.4 is 14.8 Å². The molecule has 194 valence electrons. The summed E-state index contributed by atoms with van der Waals surface area (Å²) in [7, 11) is 3.13. The molecule has 2 aromatic rings. The maximum Gasteiger partial charge on any atom is 0.336 e. The molecular weight excluding hydrogens is 476 g/mol. The number of benzene rings is 2. The number of nitrogens with one attached hydrogen (secondary N) is 1. The number of carbonyl (C=O) groups is 2. The van der Waals surface area contributed by atoms with Gasteiger partial charge in [0.15, 0.2) is 17.3 Å². The van der Waals surface area contributed by atoms with Crippen LogP contribution in [0.2, 0.25) is 0 Å². The van der Waals surface area contributed by atoms with Crippen molar-refractivity contribution >= 4 is 17.4 Å². The highest BCUT2D eigenvalue weighted by Crippen LogP contribution is 2.47. The van der Waals surface area contributed by atoms with E-state index in [-0.39, 0.29) is 36.0 Å². The first-order valence-corrected chi connectivity index (χ1v) is 12.1. The zero-order valence-electron chi connectivity index (χ0n) is 21.5. The molecule has 0 aromatic heterocycles. The number of nitrogens with zero attached hydrogens (tertiary/aromatic N) is 1. The van der Waals surface area contributed by atoms with Crippen molar-refractivity contribution in [1.82, 2.24) is 5.32 Å². The maximum absolute atomic E-state index is 13.7. The number of esters is 1. The second-order valence-corrected chi connectivity index (χ2v) is 9.16. The molecule has 2 unspecified atom stereocenters. The largest absolute Gasteiger partial charge is 0.493 e. The predicted octanol–water partition coefficient (Wildman–Crippen LogP) is 4.85. The number of ether oxygens (including phenoxy) is 3. The number of aryl methyl sites for hydroxylation is 1. The molecule has 0 saturated heterocycles. The van der Waals surface area contributed by atoms with E-state index in [0.29, 0.717) is 46.0 Å². The lowest BCUT2D eigenvalue weighted by atomic mass is 9.71. The van der Waals surface area contributed by atoms with E-state index in [1.54, 1.807) is 47.1 Å². The molecule has 37 heavy (non-hydrogen) atoms. The fourth-order valence-corrected chi connectivity index (χ4v) is 5.20. The van der Waals surface area contributed by atoms with Crippen LogP contribution in [0.3, 0.4) is 0 Å². The lowest BCUT2D eigenvalue weighted by Gasteiger charge is -2.36. The molecule has 0 amide bonds. The highest BCUT2D eigenvalue weighted by molar-refractivity contribution is 6.04. The Morgan fingerprint density at radius 2 is 1.76 bits per heavy atom. The van der Waals surface area contributed by atoms with Crippen LogP contribution in [-0.4, -0.2) is 37.5 Å². The molecule has 9 heteroatoms. The summed E-state index contributed by atoms with van der Waals surface area (Å²) in [5, 5.41) is 15.0. The van der Waals surface area contributed by atoms with Crippen LogP contribution in [0.5, 0.6) is 11.5 Å². The van der Waals surface area contributed by atoms with Crippen LogP contribution in [0.1, 0.15) is 55.2 Å². The molecule has 0 fully saturated rings. The van der Waals surface area contributed by atoms with Gasteiger partial charge >= 0.3 is 5.97 Å². The lowest BCUT2D eigenvalue weighted by Crippen LogP contribution is -2.36. The SMILES string of the molecule is CCOC(=O)C1=C(C)NC2=C(C(=O)CC(c3ccc(OC)c(OC)c3)C2)C1c1ccc(C)c([N+](=O)[O-])c1. The van der Waals surface area contributed by atoms with Crippen LogP contribution in [0.25, 0.3) is 0 Å². The van der Waals surface area contributed by atoms with Gasteiger partial charge in [-0.25, -0.2) is 4.79 Å². The zero-order chi connectivity index (χ0) is 26.9. The first kappa shape index (κ1) is 25.9. The number of hydrogen-bond donors (Lipinski definition) is 1. The van der Waals surface area contributed by atoms with Crippen LogP contribution in [0.4, 0.5) is 5.69 Å². The van der Waals surface area contributed by atoms with Gasteiger partial charge in [0.2, 0.25) is 0 Å². The number of hydrogen-bond acceptors (Lipinski definition) is 8. The normalized spacial score (nSPS) is 19.2. The standard InChI is InChI=1S/C28H30N2O7/c1-6-37-28(32)25-16(3)29-20-11-19(17-9-10-23(35-4)24(14-17)36-5)13-22(31)27(20)26(25)18-8-7-15(2)21(12-18)30(33)34/h7-10,12,14,19,26,29H,6,11,13H2,1-5H3. The molecule has 0 saturated carbocycles. The van der Waals surface area contributed by atoms with Crippen molar-refractivity contribution in [2.75, 3.05) is 20.8 Å². The second kappa shape index (κ2) is 10.5. The number of allylic oxidation sites excluding steroid dienone is 3. The molecule has 9 nitrogen and oxygen atoms in total. The van der Waals surface area contributed by atoms with Crippen molar-refractivity contribution in [3.05, 3.63) is 85.7 Å². The van der Waals surface area contributed by atoms with Gasteiger partial charge in [-0.15, -0.1) is 0 Å². The van der Waals surface area contributed by atoms with Gasteiger partial charge in [-0.1, -0.05) is 18.2 Å². The molecule has 0 radical (unpaired) electrons. The third-order valence-corrected chi connectivity index (χ3v) is 6.97. The van der Waals surface area contributed by atoms with Crippen LogP contribution >= 0.6 is 0 Å². The van der Waals surface area contributed by atoms with E-state index < -0.39 is 16.8 Å². The molecule has 2 aliphatic rings. The number of methoxy groups -OCH3 is 2. The zero-order valence-corrected chi connectivity index (χ0v) is 21.5. The number of dihydropyridines is 1. The Hall–Kier alpha value is -4.14. The van der Waals surface area contributed by atoms with Crippen molar-refractivity contribution in [1.29, 1.82) is 0 Å². The number of ketones is 1. The van der Waals surface area contributed by atoms with E-state index >= 15 is 0 Å². The van der Waals surface area contributed by atoms with Crippen LogP contribution in [0.15, 0.2) is 58.9 Å². The van der Waals surface area contributed by atoms with Gasteiger partial charge in [-0.3, -0.25) is 14.9 Å². The highest BCUT2D eigenvalue weighted by atomic mass is 16.6. The highest BCUT2D eigenvalue weighted by Gasteiger charge is 2.42. The number of nitro benzene ring substituents is 1. The van der Waals surface area contributed by atoms with Crippen LogP contribution in [-0.2, 0) is 14.3 Å². The molecule has 1 aliphatic heterocycles. The lowest BCUT2D eigenvalue weighted by molar-refractivity contribution is -0.385. The third-order valence-electron chi connectivity index (χ3n) is 6.97. The van der Waals surface area contributed by atoms with E-state index in [4.69, 9.17) is 14.2 Å². The minimum atomic E-state index is -0.770. The van der Waals surface area contributed by atoms with Gasteiger partial charge in [0.25, 0.3) is 5.69 Å². The Labute approximate surface area is 215 Å². The minimum absolute atomic E-state index is 0.0643. The molecule has 1 aliphatic carbocycles. The van der Waals surface area contributed by atoms with E-state index in [1.165, 1.54) is 6.07 Å². The second-order valence-electron chi connectivity index (χ2n) is 9.16. The quantitative estimate of drug-likeness (QED) is 0.322. The summed E-state index contributed by atoms with van der Waals surface area (Å²) < 4.78 is 16.1. The van der Waals surface area contributed by atoms with Crippen molar-refractivity contribution in [3.8, 4) is 11.5 Å². The summed E-state index contributed by atoms with van der Waals surface area (Å²) in [5.41, 5.74) is 3.87. The van der Waals surface area contributed by atoms with Gasteiger partial charge in [0, 0.05) is 40.9 Å². The maximum atomic E-state index is 13.7. The molecule has 2 aromatic carbocycles. The Balaban J connectivity index is 1.82. The van der Waals surface area contributed by atoms with Gasteiger partial charge < -0.3 is 19.5 Å². The van der Waals surface area contributed by atoms with E-state index in [0.717, 1.165) is 5.56 Å². The van der Waals surface area contributed by atoms with Crippen molar-refractivity contribution in [2.24, 2.45) is 0 Å². The molecule has 1 N–H and O–H groups in total.